The lowest BCUT2D eigenvalue weighted by atomic mass is 10.1. The minimum absolute atomic E-state index is 0.0294. The largest absolute Gasteiger partial charge is 0.352 e. The molecule has 0 heterocycles. The smallest absolute Gasteiger partial charge is 0.269 e. The number of rotatable bonds is 7. The summed E-state index contributed by atoms with van der Waals surface area (Å²) in [6, 6.07) is 10.4. The van der Waals surface area contributed by atoms with Crippen LogP contribution in [0.2, 0.25) is 5.02 Å². The molecule has 2 aromatic rings. The van der Waals surface area contributed by atoms with Crippen LogP contribution in [0.1, 0.15) is 29.3 Å². The molecule has 0 aliphatic carbocycles. The molecule has 2 amide bonds. The number of non-ortho nitro benzene ring substituents is 1. The van der Waals surface area contributed by atoms with Crippen LogP contribution in [0.15, 0.2) is 48.5 Å². The minimum Gasteiger partial charge on any atom is -0.352 e. The molecule has 2 rings (SSSR count). The van der Waals surface area contributed by atoms with Gasteiger partial charge in [-0.3, -0.25) is 19.7 Å². The van der Waals surface area contributed by atoms with E-state index in [9.17, 15) is 19.7 Å². The summed E-state index contributed by atoms with van der Waals surface area (Å²) in [5.74, 6) is -0.761. The number of hydrogen-bond acceptors (Lipinski definition) is 4. The van der Waals surface area contributed by atoms with Gasteiger partial charge < -0.3 is 10.6 Å². The number of carbonyl (C=O) groups excluding carboxylic acids is 2. The van der Waals surface area contributed by atoms with Crippen LogP contribution in [0.5, 0.6) is 0 Å². The highest BCUT2D eigenvalue weighted by Gasteiger charge is 2.13. The number of nitro benzene ring substituents is 1. The molecule has 2 aromatic carbocycles. The molecule has 0 radical (unpaired) electrons. The molecule has 0 atom stereocenters. The van der Waals surface area contributed by atoms with E-state index in [1.54, 1.807) is 12.1 Å². The Balaban J connectivity index is 2.11. The molecule has 140 valence electrons. The summed E-state index contributed by atoms with van der Waals surface area (Å²) in [5.41, 5.74) is 1.21. The van der Waals surface area contributed by atoms with Crippen molar-refractivity contribution in [3.8, 4) is 0 Å². The van der Waals surface area contributed by atoms with Crippen LogP contribution < -0.4 is 10.6 Å². The van der Waals surface area contributed by atoms with Crippen molar-refractivity contribution >= 4 is 40.9 Å². The lowest BCUT2D eigenvalue weighted by Crippen LogP contribution is -2.25. The molecule has 0 aliphatic rings. The molecule has 0 aliphatic heterocycles. The first-order valence-corrected chi connectivity index (χ1v) is 8.59. The molecule has 0 saturated heterocycles. The molecule has 0 saturated carbocycles. The molecule has 0 unspecified atom stereocenters. The minimum atomic E-state index is -0.496. The zero-order valence-electron chi connectivity index (χ0n) is 14.6. The molecule has 27 heavy (non-hydrogen) atoms. The van der Waals surface area contributed by atoms with Crippen molar-refractivity contribution in [3.05, 3.63) is 74.8 Å². The predicted octanol–water partition coefficient (Wildman–Crippen LogP) is 4.04. The highest BCUT2D eigenvalue weighted by atomic mass is 35.5. The van der Waals surface area contributed by atoms with Crippen LogP contribution in [-0.2, 0) is 4.79 Å². The normalized spacial score (nSPS) is 10.6. The SMILES string of the molecule is CCCNC(=O)c1ccc(Cl)cc1NC(=O)C=Cc1ccc([N+](=O)[O-])cc1. The zero-order chi connectivity index (χ0) is 19.8. The van der Waals surface area contributed by atoms with E-state index in [-0.39, 0.29) is 11.6 Å². The van der Waals surface area contributed by atoms with E-state index in [4.69, 9.17) is 11.6 Å². The maximum absolute atomic E-state index is 12.2. The molecular formula is C19H18ClN3O4. The average Bonchev–Trinajstić information content (AvgIpc) is 2.65. The van der Waals surface area contributed by atoms with E-state index in [2.05, 4.69) is 10.6 Å². The Morgan fingerprint density at radius 1 is 1.19 bits per heavy atom. The van der Waals surface area contributed by atoms with E-state index >= 15 is 0 Å². The van der Waals surface area contributed by atoms with Gasteiger partial charge in [0.1, 0.15) is 0 Å². The Bertz CT molecular complexity index is 879. The van der Waals surface area contributed by atoms with Crippen LogP contribution in [0.4, 0.5) is 11.4 Å². The van der Waals surface area contributed by atoms with Crippen molar-refractivity contribution < 1.29 is 14.5 Å². The second-order valence-electron chi connectivity index (χ2n) is 5.62. The van der Waals surface area contributed by atoms with Crippen LogP contribution in [-0.4, -0.2) is 23.3 Å². The molecule has 0 aromatic heterocycles. The van der Waals surface area contributed by atoms with Gasteiger partial charge in [0.2, 0.25) is 5.91 Å². The summed E-state index contributed by atoms with van der Waals surface area (Å²) in [5, 5.41) is 16.4. The van der Waals surface area contributed by atoms with Crippen molar-refractivity contribution in [2.24, 2.45) is 0 Å². The van der Waals surface area contributed by atoms with E-state index in [0.29, 0.717) is 28.4 Å². The van der Waals surface area contributed by atoms with Gasteiger partial charge in [0.25, 0.3) is 11.6 Å². The Morgan fingerprint density at radius 3 is 2.52 bits per heavy atom. The first-order valence-electron chi connectivity index (χ1n) is 8.22. The monoisotopic (exact) mass is 387 g/mol. The maximum atomic E-state index is 12.2. The molecule has 7 nitrogen and oxygen atoms in total. The number of amides is 2. The van der Waals surface area contributed by atoms with Gasteiger partial charge in [-0.15, -0.1) is 0 Å². The summed E-state index contributed by atoms with van der Waals surface area (Å²) >= 11 is 5.97. The summed E-state index contributed by atoms with van der Waals surface area (Å²) < 4.78 is 0. The Morgan fingerprint density at radius 2 is 1.89 bits per heavy atom. The average molecular weight is 388 g/mol. The van der Waals surface area contributed by atoms with Crippen LogP contribution in [0.3, 0.4) is 0 Å². The third-order valence-corrected chi connectivity index (χ3v) is 3.79. The van der Waals surface area contributed by atoms with E-state index in [0.717, 1.165) is 6.42 Å². The number of benzene rings is 2. The van der Waals surface area contributed by atoms with Crippen LogP contribution in [0.25, 0.3) is 6.08 Å². The first-order chi connectivity index (χ1) is 12.9. The maximum Gasteiger partial charge on any atom is 0.269 e. The molecule has 8 heteroatoms. The quantitative estimate of drug-likeness (QED) is 0.425. The van der Waals surface area contributed by atoms with Gasteiger partial charge in [0, 0.05) is 29.8 Å². The Labute approximate surface area is 161 Å². The second kappa shape index (κ2) is 9.49. The summed E-state index contributed by atoms with van der Waals surface area (Å²) in [7, 11) is 0. The lowest BCUT2D eigenvalue weighted by Gasteiger charge is -2.10. The number of anilines is 1. The van der Waals surface area contributed by atoms with Gasteiger partial charge in [-0.25, -0.2) is 0 Å². The van der Waals surface area contributed by atoms with Crippen LogP contribution in [0, 0.1) is 10.1 Å². The Kier molecular flexibility index (Phi) is 7.08. The van der Waals surface area contributed by atoms with Gasteiger partial charge in [-0.2, -0.15) is 0 Å². The van der Waals surface area contributed by atoms with Crippen LogP contribution >= 0.6 is 11.6 Å². The summed E-state index contributed by atoms with van der Waals surface area (Å²) in [4.78, 5) is 34.5. The van der Waals surface area contributed by atoms with Crippen molar-refractivity contribution in [1.29, 1.82) is 0 Å². The number of nitro groups is 1. The number of carbonyl (C=O) groups is 2. The summed E-state index contributed by atoms with van der Waals surface area (Å²) in [6.45, 7) is 2.46. The van der Waals surface area contributed by atoms with Gasteiger partial charge in [-0.05, 0) is 48.4 Å². The summed E-state index contributed by atoms with van der Waals surface area (Å²) in [6.07, 6.45) is 3.58. The number of halogens is 1. The number of nitrogens with zero attached hydrogens (tertiary/aromatic N) is 1. The van der Waals surface area contributed by atoms with E-state index < -0.39 is 10.8 Å². The molecule has 0 fully saturated rings. The fourth-order valence-corrected chi connectivity index (χ4v) is 2.38. The zero-order valence-corrected chi connectivity index (χ0v) is 15.3. The third-order valence-electron chi connectivity index (χ3n) is 3.55. The molecular weight excluding hydrogens is 370 g/mol. The number of nitrogens with one attached hydrogen (secondary N) is 2. The van der Waals surface area contributed by atoms with Crippen molar-refractivity contribution in [3.63, 3.8) is 0 Å². The molecule has 2 N–H and O–H groups in total. The van der Waals surface area contributed by atoms with E-state index in [1.807, 2.05) is 6.92 Å². The highest BCUT2D eigenvalue weighted by molar-refractivity contribution is 6.31. The Hall–Kier alpha value is -3.19. The number of hydrogen-bond donors (Lipinski definition) is 2. The third kappa shape index (κ3) is 5.93. The van der Waals surface area contributed by atoms with Gasteiger partial charge >= 0.3 is 0 Å². The molecule has 0 spiro atoms. The predicted molar refractivity (Wildman–Crippen MR) is 105 cm³/mol. The fourth-order valence-electron chi connectivity index (χ4n) is 2.21. The van der Waals surface area contributed by atoms with E-state index in [1.165, 1.54) is 42.5 Å². The standard InChI is InChI=1S/C19H18ClN3O4/c1-2-11-21-19(25)16-9-6-14(20)12-17(16)22-18(24)10-5-13-3-7-15(8-4-13)23(26)27/h3-10,12H,2,11H2,1H3,(H,21,25)(H,22,24). The van der Waals surface area contributed by atoms with Gasteiger partial charge in [0.05, 0.1) is 16.2 Å². The van der Waals surface area contributed by atoms with Crippen molar-refractivity contribution in [2.75, 3.05) is 11.9 Å². The van der Waals surface area contributed by atoms with Gasteiger partial charge in [-0.1, -0.05) is 18.5 Å². The second-order valence-corrected chi connectivity index (χ2v) is 6.05. The highest BCUT2D eigenvalue weighted by Crippen LogP contribution is 2.21. The fraction of sp³-hybridized carbons (Fsp3) is 0.158. The van der Waals surface area contributed by atoms with Gasteiger partial charge in [0.15, 0.2) is 0 Å². The van der Waals surface area contributed by atoms with Crippen molar-refractivity contribution in [1.82, 2.24) is 5.32 Å². The first kappa shape index (κ1) is 20.1. The van der Waals surface area contributed by atoms with Crippen molar-refractivity contribution in [2.45, 2.75) is 13.3 Å². The lowest BCUT2D eigenvalue weighted by molar-refractivity contribution is -0.384. The topological polar surface area (TPSA) is 101 Å². The molecule has 0 bridgehead atoms.